The van der Waals surface area contributed by atoms with Crippen molar-refractivity contribution in [3.63, 3.8) is 0 Å². The molecule has 2 heterocycles. The number of aryl methyl sites for hydroxylation is 1. The highest BCUT2D eigenvalue weighted by Gasteiger charge is 2.20. The quantitative estimate of drug-likeness (QED) is 0.587. The van der Waals surface area contributed by atoms with Crippen LogP contribution in [0.5, 0.6) is 0 Å². The molecule has 1 aliphatic heterocycles. The third-order valence-electron chi connectivity index (χ3n) is 2.55. The highest BCUT2D eigenvalue weighted by Crippen LogP contribution is 2.27. The molecular weight excluding hydrogens is 192 g/mol. The number of rotatable bonds is 3. The highest BCUT2D eigenvalue weighted by molar-refractivity contribution is 5.21. The number of hydrogen-bond donors (Lipinski definition) is 2. The SMILES string of the molecule is Cc1ccc(C(NN)C2=COCCC2)o1. The molecule has 0 spiro atoms. The molecule has 0 radical (unpaired) electrons. The molecule has 0 fully saturated rings. The fraction of sp³-hybridized carbons (Fsp3) is 0.455. The van der Waals surface area contributed by atoms with Gasteiger partial charge >= 0.3 is 0 Å². The van der Waals surface area contributed by atoms with E-state index < -0.39 is 0 Å². The number of hydrazine groups is 1. The Kier molecular flexibility index (Phi) is 3.08. The molecule has 3 N–H and O–H groups in total. The number of hydrogen-bond acceptors (Lipinski definition) is 4. The van der Waals surface area contributed by atoms with E-state index in [4.69, 9.17) is 15.0 Å². The van der Waals surface area contributed by atoms with Gasteiger partial charge in [-0.25, -0.2) is 5.43 Å². The first kappa shape index (κ1) is 10.3. The summed E-state index contributed by atoms with van der Waals surface area (Å²) in [4.78, 5) is 0. The minimum absolute atomic E-state index is 0.0704. The van der Waals surface area contributed by atoms with Crippen molar-refractivity contribution >= 4 is 0 Å². The zero-order valence-electron chi connectivity index (χ0n) is 8.82. The first-order valence-corrected chi connectivity index (χ1v) is 5.14. The van der Waals surface area contributed by atoms with Crippen LogP contribution in [0.3, 0.4) is 0 Å². The minimum atomic E-state index is -0.0704. The Morgan fingerprint density at radius 3 is 2.87 bits per heavy atom. The van der Waals surface area contributed by atoms with Gasteiger partial charge in [-0.05, 0) is 37.5 Å². The van der Waals surface area contributed by atoms with Crippen LogP contribution in [0, 0.1) is 6.92 Å². The second-order valence-electron chi connectivity index (χ2n) is 3.72. The van der Waals surface area contributed by atoms with Gasteiger partial charge in [0.15, 0.2) is 0 Å². The van der Waals surface area contributed by atoms with Crippen LogP contribution in [0.1, 0.15) is 30.4 Å². The van der Waals surface area contributed by atoms with Gasteiger partial charge in [-0.2, -0.15) is 0 Å². The zero-order valence-corrected chi connectivity index (χ0v) is 8.82. The van der Waals surface area contributed by atoms with Crippen molar-refractivity contribution in [2.24, 2.45) is 5.84 Å². The third kappa shape index (κ3) is 2.22. The van der Waals surface area contributed by atoms with Crippen molar-refractivity contribution in [3.8, 4) is 0 Å². The molecule has 0 aliphatic carbocycles. The second kappa shape index (κ2) is 4.51. The molecule has 1 aliphatic rings. The van der Waals surface area contributed by atoms with Crippen LogP contribution in [-0.2, 0) is 4.74 Å². The van der Waals surface area contributed by atoms with E-state index >= 15 is 0 Å². The topological polar surface area (TPSA) is 60.4 Å². The Balaban J connectivity index is 2.19. The maximum atomic E-state index is 5.55. The molecule has 0 amide bonds. The molecule has 0 saturated carbocycles. The molecule has 0 aromatic carbocycles. The smallest absolute Gasteiger partial charge is 0.126 e. The predicted molar refractivity (Wildman–Crippen MR) is 56.8 cm³/mol. The fourth-order valence-electron chi connectivity index (χ4n) is 1.78. The first-order valence-electron chi connectivity index (χ1n) is 5.14. The van der Waals surface area contributed by atoms with Crippen LogP contribution in [0.15, 0.2) is 28.4 Å². The van der Waals surface area contributed by atoms with Gasteiger partial charge in [0.2, 0.25) is 0 Å². The summed E-state index contributed by atoms with van der Waals surface area (Å²) >= 11 is 0. The van der Waals surface area contributed by atoms with Crippen LogP contribution in [-0.4, -0.2) is 6.61 Å². The molecule has 4 heteroatoms. The van der Waals surface area contributed by atoms with E-state index in [1.165, 1.54) is 0 Å². The molecule has 4 nitrogen and oxygen atoms in total. The van der Waals surface area contributed by atoms with E-state index in [-0.39, 0.29) is 6.04 Å². The molecule has 15 heavy (non-hydrogen) atoms. The average Bonchev–Trinajstić information content (AvgIpc) is 2.68. The maximum Gasteiger partial charge on any atom is 0.126 e. The van der Waals surface area contributed by atoms with Crippen LogP contribution in [0.2, 0.25) is 0 Å². The summed E-state index contributed by atoms with van der Waals surface area (Å²) in [6.45, 7) is 2.71. The predicted octanol–water partition coefficient (Wildman–Crippen LogP) is 1.79. The number of nitrogens with one attached hydrogen (secondary N) is 1. The Morgan fingerprint density at radius 1 is 1.47 bits per heavy atom. The molecule has 1 atom stereocenters. The Hall–Kier alpha value is -1.26. The van der Waals surface area contributed by atoms with Crippen LogP contribution >= 0.6 is 0 Å². The van der Waals surface area contributed by atoms with Gasteiger partial charge in [0.1, 0.15) is 17.6 Å². The van der Waals surface area contributed by atoms with Crippen LogP contribution < -0.4 is 11.3 Å². The summed E-state index contributed by atoms with van der Waals surface area (Å²) in [5.74, 6) is 7.27. The van der Waals surface area contributed by atoms with E-state index in [0.29, 0.717) is 0 Å². The van der Waals surface area contributed by atoms with Crippen molar-refractivity contribution in [2.75, 3.05) is 6.61 Å². The lowest BCUT2D eigenvalue weighted by Crippen LogP contribution is -2.30. The van der Waals surface area contributed by atoms with Gasteiger partial charge in [0.25, 0.3) is 0 Å². The largest absolute Gasteiger partial charge is 0.501 e. The lowest BCUT2D eigenvalue weighted by atomic mass is 10.0. The molecule has 0 saturated heterocycles. The number of ether oxygens (including phenoxy) is 1. The van der Waals surface area contributed by atoms with Crippen LogP contribution in [0.4, 0.5) is 0 Å². The minimum Gasteiger partial charge on any atom is -0.501 e. The molecule has 1 unspecified atom stereocenters. The van der Waals surface area contributed by atoms with Crippen molar-refractivity contribution < 1.29 is 9.15 Å². The highest BCUT2D eigenvalue weighted by atomic mass is 16.5. The van der Waals surface area contributed by atoms with Gasteiger partial charge in [-0.15, -0.1) is 0 Å². The number of furan rings is 1. The van der Waals surface area contributed by atoms with E-state index in [1.807, 2.05) is 19.1 Å². The second-order valence-corrected chi connectivity index (χ2v) is 3.72. The molecular formula is C11H16N2O2. The number of nitrogens with two attached hydrogens (primary N) is 1. The van der Waals surface area contributed by atoms with Crippen molar-refractivity contribution in [2.45, 2.75) is 25.8 Å². The lowest BCUT2D eigenvalue weighted by Gasteiger charge is -2.20. The van der Waals surface area contributed by atoms with Crippen molar-refractivity contribution in [1.29, 1.82) is 0 Å². The van der Waals surface area contributed by atoms with Crippen molar-refractivity contribution in [3.05, 3.63) is 35.5 Å². The molecule has 0 bridgehead atoms. The Bertz CT molecular complexity index is 357. The molecule has 1 aromatic rings. The Morgan fingerprint density at radius 2 is 2.33 bits per heavy atom. The first-order chi connectivity index (χ1) is 7.31. The standard InChI is InChI=1S/C11H16N2O2/c1-8-4-5-10(15-8)11(13-12)9-3-2-6-14-7-9/h4-5,7,11,13H,2-3,6,12H2,1H3. The van der Waals surface area contributed by atoms with E-state index in [9.17, 15) is 0 Å². The maximum absolute atomic E-state index is 5.55. The van der Waals surface area contributed by atoms with E-state index in [0.717, 1.165) is 36.5 Å². The van der Waals surface area contributed by atoms with Crippen LogP contribution in [0.25, 0.3) is 0 Å². The summed E-state index contributed by atoms with van der Waals surface area (Å²) in [6.07, 6.45) is 3.81. The van der Waals surface area contributed by atoms with Gasteiger partial charge in [-0.1, -0.05) is 0 Å². The van der Waals surface area contributed by atoms with Crippen molar-refractivity contribution in [1.82, 2.24) is 5.43 Å². The summed E-state index contributed by atoms with van der Waals surface area (Å²) in [5, 5.41) is 0. The monoisotopic (exact) mass is 208 g/mol. The summed E-state index contributed by atoms with van der Waals surface area (Å²) in [5.41, 5.74) is 3.90. The Labute approximate surface area is 89.1 Å². The summed E-state index contributed by atoms with van der Waals surface area (Å²) in [7, 11) is 0. The van der Waals surface area contributed by atoms with E-state index in [1.54, 1.807) is 6.26 Å². The lowest BCUT2D eigenvalue weighted by molar-refractivity contribution is 0.217. The molecule has 1 aromatic heterocycles. The summed E-state index contributed by atoms with van der Waals surface area (Å²) in [6, 6.07) is 3.80. The van der Waals surface area contributed by atoms with Gasteiger partial charge < -0.3 is 9.15 Å². The zero-order chi connectivity index (χ0) is 10.7. The molecule has 82 valence electrons. The fourth-order valence-corrected chi connectivity index (χ4v) is 1.78. The van der Waals surface area contributed by atoms with Gasteiger partial charge in [0.05, 0.1) is 12.9 Å². The summed E-state index contributed by atoms with van der Waals surface area (Å²) < 4.78 is 10.8. The van der Waals surface area contributed by atoms with E-state index in [2.05, 4.69) is 5.43 Å². The van der Waals surface area contributed by atoms with Gasteiger partial charge in [0, 0.05) is 0 Å². The normalized spacial score (nSPS) is 18.1. The average molecular weight is 208 g/mol. The molecule has 2 rings (SSSR count). The third-order valence-corrected chi connectivity index (χ3v) is 2.55. The van der Waals surface area contributed by atoms with Gasteiger partial charge in [-0.3, -0.25) is 5.84 Å².